The highest BCUT2D eigenvalue weighted by molar-refractivity contribution is 5.58. The molecule has 0 atom stereocenters. The number of aromatic nitrogens is 4. The Bertz CT molecular complexity index is 796. The molecule has 6 heteroatoms. The van der Waals surface area contributed by atoms with E-state index >= 15 is 0 Å². The molecule has 130 valence electrons. The third-order valence-corrected chi connectivity index (χ3v) is 4.52. The number of aryl methyl sites for hydroxylation is 1. The fourth-order valence-electron chi connectivity index (χ4n) is 3.32. The van der Waals surface area contributed by atoms with E-state index in [9.17, 15) is 0 Å². The number of benzene rings is 1. The third kappa shape index (κ3) is 3.81. The van der Waals surface area contributed by atoms with Gasteiger partial charge in [0.1, 0.15) is 0 Å². The second kappa shape index (κ2) is 7.21. The molecule has 2 aromatic heterocycles. The average Bonchev–Trinajstić information content (AvgIpc) is 3.17. The summed E-state index contributed by atoms with van der Waals surface area (Å²) in [5.41, 5.74) is 5.66. The normalized spacial score (nSPS) is 14.5. The minimum Gasteiger partial charge on any atom is -0.311 e. The van der Waals surface area contributed by atoms with Crippen molar-refractivity contribution in [3.63, 3.8) is 0 Å². The molecule has 0 unspecified atom stereocenters. The van der Waals surface area contributed by atoms with E-state index in [1.54, 1.807) is 0 Å². The van der Waals surface area contributed by atoms with Gasteiger partial charge >= 0.3 is 0 Å². The van der Waals surface area contributed by atoms with Crippen LogP contribution in [0.3, 0.4) is 0 Å². The van der Waals surface area contributed by atoms with Crippen LogP contribution in [0.2, 0.25) is 0 Å². The molecule has 0 amide bonds. The van der Waals surface area contributed by atoms with E-state index < -0.39 is 0 Å². The van der Waals surface area contributed by atoms with E-state index in [-0.39, 0.29) is 0 Å². The molecule has 0 saturated carbocycles. The molecule has 25 heavy (non-hydrogen) atoms. The molecule has 0 spiro atoms. The Morgan fingerprint density at radius 1 is 1.16 bits per heavy atom. The predicted octanol–water partition coefficient (Wildman–Crippen LogP) is 2.40. The summed E-state index contributed by atoms with van der Waals surface area (Å²) in [4.78, 5) is 2.26. The summed E-state index contributed by atoms with van der Waals surface area (Å²) in [7, 11) is 2.12. The maximum Gasteiger partial charge on any atom is 0.0924 e. The van der Waals surface area contributed by atoms with E-state index in [4.69, 9.17) is 5.10 Å². The highest BCUT2D eigenvalue weighted by atomic mass is 15.3. The van der Waals surface area contributed by atoms with Crippen LogP contribution >= 0.6 is 0 Å². The van der Waals surface area contributed by atoms with Gasteiger partial charge in [0.05, 0.1) is 17.1 Å². The summed E-state index contributed by atoms with van der Waals surface area (Å²) in [6.07, 6.45) is 1.14. The molecule has 1 aliphatic heterocycles. The predicted molar refractivity (Wildman–Crippen MR) is 97.7 cm³/mol. The minimum absolute atomic E-state index is 0.820. The summed E-state index contributed by atoms with van der Waals surface area (Å²) in [6, 6.07) is 14.6. The van der Waals surface area contributed by atoms with Crippen LogP contribution < -0.4 is 5.32 Å². The number of fused-ring (bicyclic) bond motifs is 1. The maximum absolute atomic E-state index is 4.75. The Morgan fingerprint density at radius 2 is 2.04 bits per heavy atom. The van der Waals surface area contributed by atoms with Crippen molar-refractivity contribution in [2.24, 2.45) is 0 Å². The average molecular weight is 336 g/mol. The first-order valence-electron chi connectivity index (χ1n) is 8.82. The Labute approximate surface area is 147 Å². The first-order valence-corrected chi connectivity index (χ1v) is 8.82. The summed E-state index contributed by atoms with van der Waals surface area (Å²) in [5.74, 6) is 0. The quantitative estimate of drug-likeness (QED) is 0.751. The van der Waals surface area contributed by atoms with Crippen molar-refractivity contribution in [2.45, 2.75) is 32.6 Å². The molecule has 1 aromatic carbocycles. The van der Waals surface area contributed by atoms with E-state index in [1.165, 1.54) is 5.69 Å². The van der Waals surface area contributed by atoms with Crippen molar-refractivity contribution in [2.75, 3.05) is 13.6 Å². The molecule has 0 radical (unpaired) electrons. The van der Waals surface area contributed by atoms with Gasteiger partial charge in [-0.25, -0.2) is 0 Å². The molecule has 0 bridgehead atoms. The lowest BCUT2D eigenvalue weighted by Crippen LogP contribution is -2.18. The number of rotatable bonds is 5. The van der Waals surface area contributed by atoms with Crippen LogP contribution in [0.1, 0.15) is 23.5 Å². The van der Waals surface area contributed by atoms with Crippen LogP contribution in [-0.2, 0) is 26.2 Å². The topological polar surface area (TPSA) is 61.8 Å². The van der Waals surface area contributed by atoms with Crippen LogP contribution in [0.5, 0.6) is 0 Å². The molecular formula is C19H24N6. The highest BCUT2D eigenvalue weighted by Gasteiger charge is 2.13. The number of aromatic amines is 1. The number of nitrogens with one attached hydrogen (secondary N) is 2. The zero-order valence-electron chi connectivity index (χ0n) is 14.6. The van der Waals surface area contributed by atoms with Crippen LogP contribution in [0.4, 0.5) is 0 Å². The van der Waals surface area contributed by atoms with Gasteiger partial charge in [0.15, 0.2) is 0 Å². The first kappa shape index (κ1) is 16.1. The van der Waals surface area contributed by atoms with Crippen LogP contribution in [-0.4, -0.2) is 38.5 Å². The van der Waals surface area contributed by atoms with Gasteiger partial charge in [0.25, 0.3) is 0 Å². The zero-order valence-corrected chi connectivity index (χ0v) is 14.6. The standard InChI is InChI=1S/C19H24N6/c1-24(14-17-10-18-12-20-8-5-9-25(18)23-17)13-16-11-19(22-21-16)15-6-3-2-4-7-15/h2-4,6-7,10-11,20H,5,8-9,12-14H2,1H3,(H,21,22). The van der Waals surface area contributed by atoms with Crippen molar-refractivity contribution in [3.8, 4) is 11.3 Å². The van der Waals surface area contributed by atoms with E-state index in [2.05, 4.69) is 56.4 Å². The number of nitrogens with zero attached hydrogens (tertiary/aromatic N) is 4. The molecule has 3 heterocycles. The fourth-order valence-corrected chi connectivity index (χ4v) is 3.32. The Kier molecular flexibility index (Phi) is 4.63. The lowest BCUT2D eigenvalue weighted by atomic mass is 10.1. The molecular weight excluding hydrogens is 312 g/mol. The molecule has 0 aliphatic carbocycles. The van der Waals surface area contributed by atoms with Gasteiger partial charge in [0, 0.05) is 37.4 Å². The third-order valence-electron chi connectivity index (χ3n) is 4.52. The Hall–Kier alpha value is -2.44. The van der Waals surface area contributed by atoms with Crippen molar-refractivity contribution in [1.29, 1.82) is 0 Å². The Morgan fingerprint density at radius 3 is 2.92 bits per heavy atom. The summed E-state index contributed by atoms with van der Waals surface area (Å²) in [5, 5.41) is 15.8. The van der Waals surface area contributed by atoms with E-state index in [0.717, 1.165) is 61.8 Å². The van der Waals surface area contributed by atoms with Gasteiger partial charge < -0.3 is 5.32 Å². The molecule has 1 aliphatic rings. The molecule has 3 aromatic rings. The molecule has 2 N–H and O–H groups in total. The monoisotopic (exact) mass is 336 g/mol. The smallest absolute Gasteiger partial charge is 0.0924 e. The number of hydrogen-bond acceptors (Lipinski definition) is 4. The Balaban J connectivity index is 1.39. The SMILES string of the molecule is CN(Cc1cc2n(n1)CCCNC2)Cc1cc(-c2ccccc2)n[nH]1. The fraction of sp³-hybridized carbons (Fsp3) is 0.368. The van der Waals surface area contributed by atoms with Gasteiger partial charge in [-0.3, -0.25) is 14.7 Å². The highest BCUT2D eigenvalue weighted by Crippen LogP contribution is 2.18. The number of H-pyrrole nitrogens is 1. The van der Waals surface area contributed by atoms with E-state index in [0.29, 0.717) is 0 Å². The van der Waals surface area contributed by atoms with Crippen LogP contribution in [0.15, 0.2) is 42.5 Å². The van der Waals surface area contributed by atoms with Crippen molar-refractivity contribution in [1.82, 2.24) is 30.2 Å². The second-order valence-corrected chi connectivity index (χ2v) is 6.70. The second-order valence-electron chi connectivity index (χ2n) is 6.70. The van der Waals surface area contributed by atoms with E-state index in [1.807, 2.05) is 18.2 Å². The molecule has 0 fully saturated rings. The van der Waals surface area contributed by atoms with Crippen molar-refractivity contribution in [3.05, 3.63) is 59.5 Å². The molecule has 4 rings (SSSR count). The van der Waals surface area contributed by atoms with Gasteiger partial charge in [-0.2, -0.15) is 10.2 Å². The lowest BCUT2D eigenvalue weighted by Gasteiger charge is -2.13. The van der Waals surface area contributed by atoms with Gasteiger partial charge in [-0.05, 0) is 32.1 Å². The first-order chi connectivity index (χ1) is 12.3. The van der Waals surface area contributed by atoms with Crippen molar-refractivity contribution < 1.29 is 0 Å². The van der Waals surface area contributed by atoms with Gasteiger partial charge in [-0.1, -0.05) is 30.3 Å². The maximum atomic E-state index is 4.75. The minimum atomic E-state index is 0.820. The lowest BCUT2D eigenvalue weighted by molar-refractivity contribution is 0.309. The van der Waals surface area contributed by atoms with Gasteiger partial charge in [0.2, 0.25) is 0 Å². The zero-order chi connectivity index (χ0) is 17.1. The number of hydrogen-bond donors (Lipinski definition) is 2. The molecule has 0 saturated heterocycles. The van der Waals surface area contributed by atoms with Crippen molar-refractivity contribution >= 4 is 0 Å². The summed E-state index contributed by atoms with van der Waals surface area (Å²) >= 11 is 0. The largest absolute Gasteiger partial charge is 0.311 e. The molecule has 6 nitrogen and oxygen atoms in total. The van der Waals surface area contributed by atoms with Crippen LogP contribution in [0.25, 0.3) is 11.3 Å². The van der Waals surface area contributed by atoms with Crippen LogP contribution in [0, 0.1) is 0 Å². The van der Waals surface area contributed by atoms with Gasteiger partial charge in [-0.15, -0.1) is 0 Å². The summed E-state index contributed by atoms with van der Waals surface area (Å²) in [6.45, 7) is 4.65. The summed E-state index contributed by atoms with van der Waals surface area (Å²) < 4.78 is 2.15.